The van der Waals surface area contributed by atoms with Gasteiger partial charge >= 0.3 is 0 Å². The van der Waals surface area contributed by atoms with E-state index in [4.69, 9.17) is 0 Å². The maximum Gasteiger partial charge on any atom is 0.250 e. The Labute approximate surface area is 152 Å². The Morgan fingerprint density at radius 2 is 2.00 bits per heavy atom. The zero-order valence-electron chi connectivity index (χ0n) is 14.4. The fourth-order valence-corrected chi connectivity index (χ4v) is 5.78. The molecule has 0 radical (unpaired) electrons. The van der Waals surface area contributed by atoms with Crippen molar-refractivity contribution in [1.29, 1.82) is 0 Å². The largest absolute Gasteiger partial charge is 0.359 e. The number of fused-ring (bicyclic) bond motifs is 1. The average molecular weight is 382 g/mol. The molecule has 2 heterocycles. The van der Waals surface area contributed by atoms with Gasteiger partial charge < -0.3 is 5.32 Å². The van der Waals surface area contributed by atoms with Gasteiger partial charge in [0.25, 0.3) is 0 Å². The maximum absolute atomic E-state index is 12.6. The van der Waals surface area contributed by atoms with Gasteiger partial charge in [0.1, 0.15) is 4.21 Å². The van der Waals surface area contributed by atoms with Gasteiger partial charge in [0, 0.05) is 36.8 Å². The molecule has 25 heavy (non-hydrogen) atoms. The molecule has 1 aromatic carbocycles. The van der Waals surface area contributed by atoms with Crippen molar-refractivity contribution in [3.05, 3.63) is 30.3 Å². The maximum atomic E-state index is 12.6. The van der Waals surface area contributed by atoms with Gasteiger partial charge in [-0.05, 0) is 37.4 Å². The molecule has 0 aliphatic carbocycles. The predicted octanol–water partition coefficient (Wildman–Crippen LogP) is 1.78. The van der Waals surface area contributed by atoms with Crippen molar-refractivity contribution >= 4 is 37.4 Å². The Kier molecular flexibility index (Phi) is 5.43. The van der Waals surface area contributed by atoms with Crippen LogP contribution >= 0.6 is 11.3 Å². The molecule has 1 aliphatic rings. The number of benzene rings is 1. The molecule has 8 heteroatoms. The van der Waals surface area contributed by atoms with Crippen molar-refractivity contribution in [2.45, 2.75) is 35.6 Å². The van der Waals surface area contributed by atoms with Crippen LogP contribution in [0.2, 0.25) is 0 Å². The van der Waals surface area contributed by atoms with Crippen LogP contribution in [0.4, 0.5) is 0 Å². The first-order valence-electron chi connectivity index (χ1n) is 8.31. The molecular weight excluding hydrogens is 358 g/mol. The third kappa shape index (κ3) is 4.03. The number of hydrogen-bond donors (Lipinski definition) is 2. The first kappa shape index (κ1) is 18.3. The van der Waals surface area contributed by atoms with E-state index < -0.39 is 10.0 Å². The number of likely N-dealkylation sites (N-methyl/N-ethyl adjacent to an activating group) is 1. The fourth-order valence-electron chi connectivity index (χ4n) is 3.27. The highest BCUT2D eigenvalue weighted by Gasteiger charge is 2.32. The molecule has 6 nitrogen and oxygen atoms in total. The molecule has 3 rings (SSSR count). The van der Waals surface area contributed by atoms with E-state index in [1.165, 1.54) is 11.3 Å². The number of carbonyl (C=O) groups excluding carboxylic acids is 1. The summed E-state index contributed by atoms with van der Waals surface area (Å²) >= 11 is 1.28. The van der Waals surface area contributed by atoms with Crippen molar-refractivity contribution in [2.24, 2.45) is 0 Å². The van der Waals surface area contributed by atoms with E-state index in [1.807, 2.05) is 31.3 Å². The third-order valence-corrected chi connectivity index (χ3v) is 7.87. The third-order valence-electron chi connectivity index (χ3n) is 4.86. The molecule has 0 bridgehead atoms. The summed E-state index contributed by atoms with van der Waals surface area (Å²) in [6.45, 7) is 0.358. The lowest BCUT2D eigenvalue weighted by molar-refractivity contribution is -0.121. The van der Waals surface area contributed by atoms with Crippen LogP contribution in [-0.4, -0.2) is 51.9 Å². The number of likely N-dealkylation sites (tertiary alicyclic amines) is 1. The highest BCUT2D eigenvalue weighted by Crippen LogP contribution is 2.29. The molecule has 2 aromatic rings. The summed E-state index contributed by atoms with van der Waals surface area (Å²) in [5.74, 6) is 0.0170. The van der Waals surface area contributed by atoms with Crippen LogP contribution in [0.1, 0.15) is 19.3 Å². The minimum absolute atomic E-state index is 0.0170. The van der Waals surface area contributed by atoms with Gasteiger partial charge in [-0.15, -0.1) is 11.3 Å². The molecule has 0 spiro atoms. The van der Waals surface area contributed by atoms with E-state index in [2.05, 4.69) is 14.9 Å². The van der Waals surface area contributed by atoms with Crippen LogP contribution in [0.25, 0.3) is 10.1 Å². The minimum atomic E-state index is -3.52. The number of nitrogens with zero attached hydrogens (tertiary/aromatic N) is 1. The number of sulfonamides is 1. The molecule has 1 amide bonds. The highest BCUT2D eigenvalue weighted by molar-refractivity contribution is 7.91. The monoisotopic (exact) mass is 381 g/mol. The summed E-state index contributed by atoms with van der Waals surface area (Å²) in [6, 6.07) is 9.64. The predicted molar refractivity (Wildman–Crippen MR) is 100 cm³/mol. The molecule has 0 saturated carbocycles. The van der Waals surface area contributed by atoms with E-state index in [0.29, 0.717) is 17.2 Å². The Balaban J connectivity index is 1.63. The Hall–Kier alpha value is -1.48. The van der Waals surface area contributed by atoms with Crippen LogP contribution in [0.3, 0.4) is 0 Å². The average Bonchev–Trinajstić information content (AvgIpc) is 3.18. The molecule has 136 valence electrons. The van der Waals surface area contributed by atoms with Crippen LogP contribution in [-0.2, 0) is 14.8 Å². The summed E-state index contributed by atoms with van der Waals surface area (Å²) < 4.78 is 29.2. The van der Waals surface area contributed by atoms with Crippen molar-refractivity contribution in [3.8, 4) is 0 Å². The summed E-state index contributed by atoms with van der Waals surface area (Å²) in [5.41, 5.74) is 0. The normalized spacial score (nSPS) is 21.7. The van der Waals surface area contributed by atoms with Crippen molar-refractivity contribution in [1.82, 2.24) is 14.9 Å². The molecule has 1 fully saturated rings. The van der Waals surface area contributed by atoms with Gasteiger partial charge in [0.2, 0.25) is 15.9 Å². The van der Waals surface area contributed by atoms with E-state index in [9.17, 15) is 13.2 Å². The molecule has 1 saturated heterocycles. The standard InChI is InChI=1S/C17H23N3O3S2/c1-18-16(21)10-13-7-8-14(20(13)2)11-19-25(22,23)17-9-12-5-3-4-6-15(12)24-17/h3-6,9,13-14,19H,7-8,10-11H2,1-2H3,(H,18,21)/t13-,14+/m1/s1. The van der Waals surface area contributed by atoms with Gasteiger partial charge in [0.05, 0.1) is 0 Å². The fraction of sp³-hybridized carbons (Fsp3) is 0.471. The Morgan fingerprint density at radius 1 is 1.28 bits per heavy atom. The van der Waals surface area contributed by atoms with Gasteiger partial charge in [-0.1, -0.05) is 18.2 Å². The lowest BCUT2D eigenvalue weighted by atomic mass is 10.1. The number of hydrogen-bond acceptors (Lipinski definition) is 5. The zero-order valence-corrected chi connectivity index (χ0v) is 16.0. The van der Waals surface area contributed by atoms with Gasteiger partial charge in [-0.25, -0.2) is 13.1 Å². The minimum Gasteiger partial charge on any atom is -0.359 e. The first-order valence-corrected chi connectivity index (χ1v) is 10.6. The summed E-state index contributed by atoms with van der Waals surface area (Å²) in [4.78, 5) is 13.7. The second-order valence-corrected chi connectivity index (χ2v) is 9.46. The van der Waals surface area contributed by atoms with E-state index in [0.717, 1.165) is 22.9 Å². The molecule has 1 aromatic heterocycles. The Morgan fingerprint density at radius 3 is 2.72 bits per heavy atom. The van der Waals surface area contributed by atoms with Crippen molar-refractivity contribution in [3.63, 3.8) is 0 Å². The summed E-state index contributed by atoms with van der Waals surface area (Å²) in [6.07, 6.45) is 2.23. The number of nitrogens with one attached hydrogen (secondary N) is 2. The van der Waals surface area contributed by atoms with Crippen LogP contribution < -0.4 is 10.0 Å². The smallest absolute Gasteiger partial charge is 0.250 e. The van der Waals surface area contributed by atoms with E-state index >= 15 is 0 Å². The molecule has 1 aliphatic heterocycles. The lowest BCUT2D eigenvalue weighted by Crippen LogP contribution is -2.42. The van der Waals surface area contributed by atoms with E-state index in [-0.39, 0.29) is 18.0 Å². The number of amides is 1. The van der Waals surface area contributed by atoms with Crippen molar-refractivity contribution < 1.29 is 13.2 Å². The molecular formula is C17H23N3O3S2. The number of rotatable bonds is 6. The van der Waals surface area contributed by atoms with Crippen LogP contribution in [0.5, 0.6) is 0 Å². The zero-order chi connectivity index (χ0) is 18.0. The second-order valence-electron chi connectivity index (χ2n) is 6.38. The lowest BCUT2D eigenvalue weighted by Gasteiger charge is -2.25. The quantitative estimate of drug-likeness (QED) is 0.799. The van der Waals surface area contributed by atoms with E-state index in [1.54, 1.807) is 13.1 Å². The molecule has 2 N–H and O–H groups in total. The highest BCUT2D eigenvalue weighted by atomic mass is 32.2. The SMILES string of the molecule is CNC(=O)C[C@H]1CC[C@@H](CNS(=O)(=O)c2cc3ccccc3s2)N1C. The van der Waals surface area contributed by atoms with Crippen LogP contribution in [0, 0.1) is 0 Å². The summed E-state index contributed by atoms with van der Waals surface area (Å²) in [5, 5.41) is 3.58. The summed E-state index contributed by atoms with van der Waals surface area (Å²) in [7, 11) is 0.0745. The van der Waals surface area contributed by atoms with Crippen molar-refractivity contribution in [2.75, 3.05) is 20.6 Å². The number of thiophene rings is 1. The molecule has 0 unspecified atom stereocenters. The second kappa shape index (κ2) is 7.41. The van der Waals surface area contributed by atoms with Gasteiger partial charge in [-0.2, -0.15) is 0 Å². The van der Waals surface area contributed by atoms with Gasteiger partial charge in [0.15, 0.2) is 0 Å². The topological polar surface area (TPSA) is 78.5 Å². The first-order chi connectivity index (χ1) is 11.9. The molecule has 2 atom stereocenters. The Bertz CT molecular complexity index is 830. The number of carbonyl (C=O) groups is 1. The van der Waals surface area contributed by atoms with Gasteiger partial charge in [-0.3, -0.25) is 9.69 Å². The van der Waals surface area contributed by atoms with Crippen LogP contribution in [0.15, 0.2) is 34.5 Å².